The maximum Gasteiger partial charge on any atom is 0.410 e. The fourth-order valence-electron chi connectivity index (χ4n) is 13.5. The molecule has 0 aromatic heterocycles. The van der Waals surface area contributed by atoms with Crippen molar-refractivity contribution >= 4 is 6.09 Å². The van der Waals surface area contributed by atoms with Gasteiger partial charge in [-0.05, 0) is 131 Å². The maximum absolute atomic E-state index is 13.2. The summed E-state index contributed by atoms with van der Waals surface area (Å²) in [5.41, 5.74) is 1.09. The number of nitrogens with zero attached hydrogens (tertiary/aromatic N) is 1. The van der Waals surface area contributed by atoms with Crippen LogP contribution in [-0.4, -0.2) is 91.7 Å². The summed E-state index contributed by atoms with van der Waals surface area (Å²) in [7, 11) is 0. The molecular weight excluding hydrogens is 594 g/mol. The van der Waals surface area contributed by atoms with Crippen LogP contribution in [0.25, 0.3) is 0 Å². The third kappa shape index (κ3) is 4.80. The van der Waals surface area contributed by atoms with Crippen LogP contribution in [0.2, 0.25) is 0 Å². The summed E-state index contributed by atoms with van der Waals surface area (Å²) in [6.45, 7) is 21.3. The van der Waals surface area contributed by atoms with E-state index in [1.54, 1.807) is 0 Å². The lowest BCUT2D eigenvalue weighted by Crippen LogP contribution is -2.58. The van der Waals surface area contributed by atoms with Crippen molar-refractivity contribution in [3.63, 3.8) is 0 Å². The molecule has 2 spiro atoms. The summed E-state index contributed by atoms with van der Waals surface area (Å²) in [5.74, 6) is 1.92. The van der Waals surface area contributed by atoms with Crippen molar-refractivity contribution in [2.75, 3.05) is 39.5 Å². The zero-order valence-corrected chi connectivity index (χ0v) is 30.5. The molecule has 2 saturated heterocycles. The fraction of sp³-hybridized carbons (Fsp3) is 0.923. The fourth-order valence-corrected chi connectivity index (χ4v) is 13.5. The van der Waals surface area contributed by atoms with E-state index in [1.807, 2.05) is 25.7 Å². The number of morpholine rings is 1. The summed E-state index contributed by atoms with van der Waals surface area (Å²) in [4.78, 5) is 15.0. The van der Waals surface area contributed by atoms with Crippen LogP contribution in [0.5, 0.6) is 0 Å². The summed E-state index contributed by atoms with van der Waals surface area (Å²) >= 11 is 0. The Morgan fingerprint density at radius 3 is 2.49 bits per heavy atom. The van der Waals surface area contributed by atoms with Crippen molar-refractivity contribution in [3.05, 3.63) is 11.6 Å². The average Bonchev–Trinajstić information content (AvgIpc) is 3.66. The van der Waals surface area contributed by atoms with Crippen molar-refractivity contribution in [1.29, 1.82) is 0 Å². The summed E-state index contributed by atoms with van der Waals surface area (Å²) < 4.78 is 32.1. The first-order chi connectivity index (χ1) is 22.3. The monoisotopic (exact) mass is 657 g/mol. The van der Waals surface area contributed by atoms with Gasteiger partial charge in [-0.2, -0.15) is 0 Å². The number of hydrogen-bond donors (Lipinski definition) is 1. The highest BCUT2D eigenvalue weighted by Gasteiger charge is 2.84. The van der Waals surface area contributed by atoms with Crippen LogP contribution >= 0.6 is 0 Å². The van der Waals surface area contributed by atoms with Gasteiger partial charge in [0, 0.05) is 31.7 Å². The molecule has 8 heteroatoms. The Morgan fingerprint density at radius 1 is 1.09 bits per heavy atom. The first-order valence-electron chi connectivity index (χ1n) is 19.1. The van der Waals surface area contributed by atoms with Crippen molar-refractivity contribution in [3.8, 4) is 0 Å². The minimum absolute atomic E-state index is 0.00647. The quantitative estimate of drug-likeness (QED) is 0.302. The second-order valence-electron chi connectivity index (χ2n) is 17.5. The van der Waals surface area contributed by atoms with Crippen molar-refractivity contribution in [2.45, 2.75) is 143 Å². The molecule has 47 heavy (non-hydrogen) atoms. The van der Waals surface area contributed by atoms with E-state index in [4.69, 9.17) is 23.7 Å². The first kappa shape index (κ1) is 34.3. The number of amides is 1. The van der Waals surface area contributed by atoms with Gasteiger partial charge in [0.05, 0.1) is 37.1 Å². The molecule has 13 atom stereocenters. The zero-order chi connectivity index (χ0) is 33.6. The highest BCUT2D eigenvalue weighted by molar-refractivity contribution is 5.68. The van der Waals surface area contributed by atoms with E-state index in [1.165, 1.54) is 31.3 Å². The number of allylic oxidation sites excluding steroid dienone is 1. The topological polar surface area (TPSA) is 86.7 Å². The smallest absolute Gasteiger partial charge is 0.410 e. The molecule has 0 radical (unpaired) electrons. The Labute approximate surface area is 283 Å². The lowest BCUT2D eigenvalue weighted by atomic mass is 9.42. The van der Waals surface area contributed by atoms with Gasteiger partial charge in [-0.3, -0.25) is 0 Å². The molecular formula is C39H63NO7. The van der Waals surface area contributed by atoms with Crippen LogP contribution in [-0.2, 0) is 23.7 Å². The standard InChI is InChI=1S/C39H63NO7/c1-9-25-26-12-13-29-37(8)33(45-11-3)31-30(24(4)22-28(46-31)32(44-10-2)35(5,6)42)36(37,7)16-17-39(29)23-38(26,39)15-14-27(25)47-34(41)40-18-20-43-21-19-40/h9,24,26-33,42H,10-23H2,1-8H3/b25-9+/t24-,26+,27?,28?,29?,30?,31?,32?,33+,36?,37-,38?,39?/m1/s1. The number of aliphatic hydroxyl groups is 1. The Morgan fingerprint density at radius 2 is 1.83 bits per heavy atom. The molecule has 8 nitrogen and oxygen atoms in total. The van der Waals surface area contributed by atoms with Crippen molar-refractivity contribution in [1.82, 2.24) is 4.90 Å². The van der Waals surface area contributed by atoms with E-state index in [0.29, 0.717) is 74.0 Å². The molecule has 5 saturated carbocycles. The van der Waals surface area contributed by atoms with Gasteiger partial charge in [0.2, 0.25) is 0 Å². The number of fused-ring (bicyclic) bond motifs is 4. The second kappa shape index (κ2) is 12.0. The molecule has 2 heterocycles. The van der Waals surface area contributed by atoms with Gasteiger partial charge in [-0.15, -0.1) is 0 Å². The Bertz CT molecular complexity index is 1230. The summed E-state index contributed by atoms with van der Waals surface area (Å²) in [6.07, 6.45) is 10.6. The second-order valence-corrected chi connectivity index (χ2v) is 17.5. The zero-order valence-electron chi connectivity index (χ0n) is 30.5. The molecule has 7 aliphatic rings. The van der Waals surface area contributed by atoms with Gasteiger partial charge in [-0.25, -0.2) is 4.79 Å². The number of rotatable bonds is 7. The minimum atomic E-state index is -0.990. The number of hydrogen-bond acceptors (Lipinski definition) is 7. The van der Waals surface area contributed by atoms with Crippen LogP contribution in [0.3, 0.4) is 0 Å². The van der Waals surface area contributed by atoms with Gasteiger partial charge in [0.15, 0.2) is 0 Å². The molecule has 0 bridgehead atoms. The van der Waals surface area contributed by atoms with Gasteiger partial charge >= 0.3 is 6.09 Å². The molecule has 1 N–H and O–H groups in total. The normalized spacial score (nSPS) is 48.9. The average molecular weight is 658 g/mol. The first-order valence-corrected chi connectivity index (χ1v) is 19.1. The molecule has 1 amide bonds. The van der Waals surface area contributed by atoms with Crippen LogP contribution in [0.1, 0.15) is 107 Å². The largest absolute Gasteiger partial charge is 0.442 e. The van der Waals surface area contributed by atoms with Gasteiger partial charge in [0.25, 0.3) is 0 Å². The predicted octanol–water partition coefficient (Wildman–Crippen LogP) is 6.78. The summed E-state index contributed by atoms with van der Waals surface area (Å²) in [6, 6.07) is 0. The van der Waals surface area contributed by atoms with Crippen molar-refractivity contribution < 1.29 is 33.6 Å². The van der Waals surface area contributed by atoms with Crippen molar-refractivity contribution in [2.24, 2.45) is 45.3 Å². The molecule has 7 rings (SSSR count). The van der Waals surface area contributed by atoms with Crippen LogP contribution in [0, 0.1) is 45.3 Å². The summed E-state index contributed by atoms with van der Waals surface area (Å²) in [5, 5.41) is 11.2. The number of carbonyl (C=O) groups is 1. The van der Waals surface area contributed by atoms with E-state index in [2.05, 4.69) is 40.7 Å². The Balaban J connectivity index is 1.17. The Hall–Kier alpha value is -1.19. The minimum Gasteiger partial charge on any atom is -0.442 e. The third-order valence-electron chi connectivity index (χ3n) is 15.3. The van der Waals surface area contributed by atoms with Gasteiger partial charge in [0.1, 0.15) is 12.2 Å². The van der Waals surface area contributed by atoms with E-state index in [9.17, 15) is 9.90 Å². The molecule has 266 valence electrons. The number of carbonyl (C=O) groups excluding carboxylic acids is 1. The predicted molar refractivity (Wildman–Crippen MR) is 180 cm³/mol. The molecule has 9 unspecified atom stereocenters. The van der Waals surface area contributed by atoms with Crippen LogP contribution in [0.4, 0.5) is 4.79 Å². The Kier molecular flexibility index (Phi) is 8.72. The lowest BCUT2D eigenvalue weighted by Gasteiger charge is -2.62. The van der Waals surface area contributed by atoms with Crippen LogP contribution < -0.4 is 0 Å². The van der Waals surface area contributed by atoms with Gasteiger partial charge in [-0.1, -0.05) is 26.8 Å². The highest BCUT2D eigenvalue weighted by atomic mass is 16.6. The molecule has 7 fully saturated rings. The maximum atomic E-state index is 13.2. The third-order valence-corrected chi connectivity index (χ3v) is 15.3. The molecule has 5 aliphatic carbocycles. The molecule has 2 aliphatic heterocycles. The molecule has 0 aromatic carbocycles. The van der Waals surface area contributed by atoms with E-state index in [0.717, 1.165) is 25.7 Å². The van der Waals surface area contributed by atoms with Crippen LogP contribution in [0.15, 0.2) is 11.6 Å². The van der Waals surface area contributed by atoms with Gasteiger partial charge < -0.3 is 33.7 Å². The van der Waals surface area contributed by atoms with E-state index >= 15 is 0 Å². The highest BCUT2D eigenvalue weighted by Crippen LogP contribution is 2.88. The van der Waals surface area contributed by atoms with E-state index < -0.39 is 5.60 Å². The van der Waals surface area contributed by atoms with E-state index in [-0.39, 0.29) is 47.4 Å². The molecule has 0 aromatic rings. The number of ether oxygens (including phenoxy) is 5. The SMILES string of the molecule is C/C=C1/C(OC(=O)N2CCOCC2)CCC23CC24CCC2(C)C5C(OC(C(OCC)C(C)(C)O)C[C@H]5C)[C@H](OCC)[C@@]2(C)C4CC[C@@H]13. The lowest BCUT2D eigenvalue weighted by molar-refractivity contribution is -0.220.